The summed E-state index contributed by atoms with van der Waals surface area (Å²) in [7, 11) is 0. The van der Waals surface area contributed by atoms with Gasteiger partial charge in [0.1, 0.15) is 0 Å². The quantitative estimate of drug-likeness (QED) is 0.305. The molecular formula is C18H25IN6S. The molecule has 2 N–H and O–H groups in total. The average Bonchev–Trinajstić information content (AvgIpc) is 2.69. The zero-order valence-corrected chi connectivity index (χ0v) is 18.1. The first kappa shape index (κ1) is 20.8. The fourth-order valence-corrected chi connectivity index (χ4v) is 3.19. The molecule has 1 aliphatic rings. The third-order valence-electron chi connectivity index (χ3n) is 4.27. The number of hydrogen-bond acceptors (Lipinski definition) is 5. The molecule has 8 heteroatoms. The van der Waals surface area contributed by atoms with Crippen molar-refractivity contribution in [3.8, 4) is 0 Å². The Bertz CT molecular complexity index is 687. The van der Waals surface area contributed by atoms with Crippen molar-refractivity contribution >= 4 is 47.6 Å². The number of hydrogen-bond donors (Lipinski definition) is 1. The topological polar surface area (TPSA) is 70.6 Å². The first-order valence-corrected chi connectivity index (χ1v) is 9.68. The summed E-state index contributed by atoms with van der Waals surface area (Å²) in [6.07, 6.45) is 6.55. The fraction of sp³-hybridized carbons (Fsp3) is 0.389. The summed E-state index contributed by atoms with van der Waals surface area (Å²) in [5.74, 6) is 1.42. The monoisotopic (exact) mass is 484 g/mol. The summed E-state index contributed by atoms with van der Waals surface area (Å²) in [5.41, 5.74) is 7.46. The minimum atomic E-state index is 0. The van der Waals surface area contributed by atoms with Crippen LogP contribution in [0.5, 0.6) is 0 Å². The molecule has 0 unspecified atom stereocenters. The van der Waals surface area contributed by atoms with Gasteiger partial charge in [0, 0.05) is 50.0 Å². The van der Waals surface area contributed by atoms with Crippen LogP contribution in [0.1, 0.15) is 5.56 Å². The summed E-state index contributed by atoms with van der Waals surface area (Å²) in [5, 5.41) is 0. The van der Waals surface area contributed by atoms with Gasteiger partial charge in [0.15, 0.2) is 5.96 Å². The highest BCUT2D eigenvalue weighted by Gasteiger charge is 2.19. The average molecular weight is 484 g/mol. The van der Waals surface area contributed by atoms with Gasteiger partial charge in [0.05, 0.1) is 0 Å². The Kier molecular flexibility index (Phi) is 8.43. The molecule has 26 heavy (non-hydrogen) atoms. The number of anilines is 1. The van der Waals surface area contributed by atoms with E-state index >= 15 is 0 Å². The highest BCUT2D eigenvalue weighted by Crippen LogP contribution is 2.15. The standard InChI is InChI=1S/C18H24N6S.HI/c1-25-16-5-3-15(4-6-16)7-10-20-17(19)23-11-13-24(14-12-23)18-21-8-2-9-22-18;/h2-6,8-9H,7,10-14H2,1H3,(H2,19,20);1H. The Labute approximate surface area is 176 Å². The SMILES string of the molecule is CSc1ccc(CCN=C(N)N2CCN(c3ncccn3)CC2)cc1.I. The molecule has 6 nitrogen and oxygen atoms in total. The van der Waals surface area contributed by atoms with Crippen LogP contribution < -0.4 is 10.6 Å². The molecule has 0 aliphatic carbocycles. The minimum absolute atomic E-state index is 0. The van der Waals surface area contributed by atoms with E-state index in [1.165, 1.54) is 10.5 Å². The number of aliphatic imine (C=N–C) groups is 1. The summed E-state index contributed by atoms with van der Waals surface area (Å²) < 4.78 is 0. The second kappa shape index (κ2) is 10.6. The molecule has 3 rings (SSSR count). The number of benzene rings is 1. The van der Waals surface area contributed by atoms with Crippen LogP contribution in [-0.4, -0.2) is 59.8 Å². The van der Waals surface area contributed by atoms with Crippen LogP contribution in [-0.2, 0) is 6.42 Å². The Morgan fingerprint density at radius 2 is 1.77 bits per heavy atom. The highest BCUT2D eigenvalue weighted by atomic mass is 127. The number of nitrogens with two attached hydrogens (primary N) is 1. The van der Waals surface area contributed by atoms with E-state index in [0.717, 1.165) is 38.5 Å². The maximum atomic E-state index is 6.17. The van der Waals surface area contributed by atoms with Crippen LogP contribution in [0.15, 0.2) is 52.6 Å². The molecular weight excluding hydrogens is 459 g/mol. The normalized spacial score (nSPS) is 14.9. The van der Waals surface area contributed by atoms with E-state index in [1.807, 2.05) is 6.07 Å². The van der Waals surface area contributed by atoms with E-state index in [0.29, 0.717) is 12.5 Å². The summed E-state index contributed by atoms with van der Waals surface area (Å²) in [6, 6.07) is 10.5. The molecule has 0 saturated carbocycles. The van der Waals surface area contributed by atoms with Crippen molar-refractivity contribution in [1.82, 2.24) is 14.9 Å². The maximum Gasteiger partial charge on any atom is 0.225 e. The van der Waals surface area contributed by atoms with Gasteiger partial charge in [-0.05, 0) is 36.4 Å². The molecule has 1 saturated heterocycles. The second-order valence-corrected chi connectivity index (χ2v) is 6.74. The molecule has 1 aromatic heterocycles. The highest BCUT2D eigenvalue weighted by molar-refractivity contribution is 14.0. The number of rotatable bonds is 5. The molecule has 0 amide bonds. The largest absolute Gasteiger partial charge is 0.370 e. The summed E-state index contributed by atoms with van der Waals surface area (Å²) >= 11 is 1.76. The third-order valence-corrected chi connectivity index (χ3v) is 5.02. The van der Waals surface area contributed by atoms with Crippen LogP contribution in [0, 0.1) is 0 Å². The second-order valence-electron chi connectivity index (χ2n) is 5.86. The van der Waals surface area contributed by atoms with Crippen LogP contribution in [0.3, 0.4) is 0 Å². The number of thioether (sulfide) groups is 1. The van der Waals surface area contributed by atoms with Crippen molar-refractivity contribution in [2.24, 2.45) is 10.7 Å². The Balaban J connectivity index is 0.00000243. The van der Waals surface area contributed by atoms with E-state index in [2.05, 4.69) is 55.3 Å². The molecule has 2 aromatic rings. The number of halogens is 1. The molecule has 0 atom stereocenters. The lowest BCUT2D eigenvalue weighted by atomic mass is 10.1. The van der Waals surface area contributed by atoms with E-state index in [-0.39, 0.29) is 24.0 Å². The number of aromatic nitrogens is 2. The van der Waals surface area contributed by atoms with Crippen LogP contribution in [0.25, 0.3) is 0 Å². The number of guanidine groups is 1. The fourth-order valence-electron chi connectivity index (χ4n) is 2.78. The van der Waals surface area contributed by atoms with E-state index in [9.17, 15) is 0 Å². The van der Waals surface area contributed by atoms with E-state index in [4.69, 9.17) is 5.73 Å². The van der Waals surface area contributed by atoms with E-state index in [1.54, 1.807) is 24.2 Å². The van der Waals surface area contributed by atoms with Gasteiger partial charge in [0.25, 0.3) is 0 Å². The molecule has 140 valence electrons. The first-order chi connectivity index (χ1) is 12.3. The van der Waals surface area contributed by atoms with Gasteiger partial charge >= 0.3 is 0 Å². The van der Waals surface area contributed by atoms with Crippen molar-refractivity contribution in [1.29, 1.82) is 0 Å². The first-order valence-electron chi connectivity index (χ1n) is 8.46. The van der Waals surface area contributed by atoms with Crippen molar-refractivity contribution in [2.75, 3.05) is 43.9 Å². The van der Waals surface area contributed by atoms with Gasteiger partial charge in [-0.2, -0.15) is 0 Å². The van der Waals surface area contributed by atoms with Crippen LogP contribution >= 0.6 is 35.7 Å². The zero-order chi connectivity index (χ0) is 17.5. The third kappa shape index (κ3) is 5.73. The van der Waals surface area contributed by atoms with Gasteiger partial charge in [-0.15, -0.1) is 35.7 Å². The predicted octanol–water partition coefficient (Wildman–Crippen LogP) is 2.50. The number of piperazine rings is 1. The van der Waals surface area contributed by atoms with E-state index < -0.39 is 0 Å². The van der Waals surface area contributed by atoms with Gasteiger partial charge in [0.2, 0.25) is 5.95 Å². The Morgan fingerprint density at radius 1 is 1.12 bits per heavy atom. The molecule has 1 fully saturated rings. The van der Waals surface area contributed by atoms with Crippen molar-refractivity contribution in [3.63, 3.8) is 0 Å². The summed E-state index contributed by atoms with van der Waals surface area (Å²) in [4.78, 5) is 18.7. The molecule has 1 aliphatic heterocycles. The molecule has 0 radical (unpaired) electrons. The predicted molar refractivity (Wildman–Crippen MR) is 120 cm³/mol. The van der Waals surface area contributed by atoms with Gasteiger partial charge < -0.3 is 15.5 Å². The lowest BCUT2D eigenvalue weighted by Crippen LogP contribution is -2.51. The number of nitrogens with zero attached hydrogens (tertiary/aromatic N) is 5. The van der Waals surface area contributed by atoms with Gasteiger partial charge in [-0.3, -0.25) is 4.99 Å². The molecule has 0 bridgehead atoms. The van der Waals surface area contributed by atoms with Crippen molar-refractivity contribution < 1.29 is 0 Å². The lowest BCUT2D eigenvalue weighted by molar-refractivity contribution is 0.378. The van der Waals surface area contributed by atoms with Gasteiger partial charge in [-0.25, -0.2) is 9.97 Å². The summed E-state index contributed by atoms with van der Waals surface area (Å²) in [6.45, 7) is 4.12. The Hall–Kier alpha value is -1.55. The maximum absolute atomic E-state index is 6.17. The van der Waals surface area contributed by atoms with Crippen LogP contribution in [0.4, 0.5) is 5.95 Å². The smallest absolute Gasteiger partial charge is 0.225 e. The van der Waals surface area contributed by atoms with Crippen molar-refractivity contribution in [3.05, 3.63) is 48.3 Å². The Morgan fingerprint density at radius 3 is 2.38 bits per heavy atom. The van der Waals surface area contributed by atoms with Gasteiger partial charge in [-0.1, -0.05) is 12.1 Å². The zero-order valence-electron chi connectivity index (χ0n) is 14.9. The molecule has 1 aromatic carbocycles. The molecule has 2 heterocycles. The molecule has 0 spiro atoms. The lowest BCUT2D eigenvalue weighted by Gasteiger charge is -2.35. The van der Waals surface area contributed by atoms with Crippen LogP contribution in [0.2, 0.25) is 0 Å². The minimum Gasteiger partial charge on any atom is -0.370 e. The van der Waals surface area contributed by atoms with Crippen molar-refractivity contribution in [2.45, 2.75) is 11.3 Å².